The molecule has 0 spiro atoms. The van der Waals surface area contributed by atoms with Crippen molar-refractivity contribution in [3.8, 4) is 5.75 Å². The average Bonchev–Trinajstić information content (AvgIpc) is 2.38. The van der Waals surface area contributed by atoms with E-state index in [1.54, 1.807) is 0 Å². The van der Waals surface area contributed by atoms with Crippen molar-refractivity contribution in [3.05, 3.63) is 30.3 Å². The van der Waals surface area contributed by atoms with E-state index in [-0.39, 0.29) is 0 Å². The van der Waals surface area contributed by atoms with Crippen LogP contribution in [0, 0.1) is 6.07 Å². The van der Waals surface area contributed by atoms with Crippen molar-refractivity contribution < 1.29 is 20.8 Å². The third-order valence-electron chi connectivity index (χ3n) is 3.68. The Kier molecular flexibility index (Phi) is 9.47. The van der Waals surface area contributed by atoms with Crippen molar-refractivity contribution >= 4 is 21.9 Å². The quantitative estimate of drug-likeness (QED) is 0.447. The minimum atomic E-state index is -1.79. The average molecular weight is 395 g/mol. The maximum absolute atomic E-state index is 6.49. The molecule has 1 nitrogen and oxygen atoms in total. The molecule has 1 rings (SSSR count). The zero-order valence-corrected chi connectivity index (χ0v) is 18.6. The van der Waals surface area contributed by atoms with Crippen LogP contribution in [0.15, 0.2) is 24.3 Å². The summed E-state index contributed by atoms with van der Waals surface area (Å²) in [6.45, 7) is 13.8. The van der Waals surface area contributed by atoms with Gasteiger partial charge in [0.2, 0.25) is 8.32 Å². The summed E-state index contributed by atoms with van der Waals surface area (Å²) in [7, 11) is -1.79. The van der Waals surface area contributed by atoms with Crippen LogP contribution in [0.1, 0.15) is 41.5 Å². The van der Waals surface area contributed by atoms with Crippen molar-refractivity contribution in [1.82, 2.24) is 0 Å². The van der Waals surface area contributed by atoms with Crippen LogP contribution < -0.4 is 4.43 Å². The normalized spacial score (nSPS) is 11.6. The molecule has 104 valence electrons. The van der Waals surface area contributed by atoms with E-state index >= 15 is 0 Å². The van der Waals surface area contributed by atoms with Crippen LogP contribution in [-0.4, -0.2) is 8.32 Å². The maximum atomic E-state index is 6.49. The van der Waals surface area contributed by atoms with Gasteiger partial charge in [-0.25, -0.2) is 0 Å². The van der Waals surface area contributed by atoms with Gasteiger partial charge in [0, 0.05) is 0 Å². The zero-order valence-electron chi connectivity index (χ0n) is 13.0. The third kappa shape index (κ3) is 4.99. The van der Waals surface area contributed by atoms with Gasteiger partial charge in [-0.1, -0.05) is 41.5 Å². The first-order chi connectivity index (χ1) is 8.91. The van der Waals surface area contributed by atoms with Gasteiger partial charge in [-0.05, 0) is 22.4 Å². The zero-order chi connectivity index (χ0) is 15.1. The van der Waals surface area contributed by atoms with Crippen molar-refractivity contribution in [2.75, 3.05) is 0 Å². The second kappa shape index (κ2) is 9.31. The topological polar surface area (TPSA) is 9.23 Å². The Hall–Kier alpha value is 0.340. The van der Waals surface area contributed by atoms with Gasteiger partial charge in [0.05, 0.1) is 0 Å². The second-order valence-electron chi connectivity index (χ2n) is 5.66. The van der Waals surface area contributed by atoms with Gasteiger partial charge >= 0.3 is 30.0 Å². The molecule has 19 heavy (non-hydrogen) atoms. The number of halogens is 1. The Morgan fingerprint density at radius 2 is 1.53 bits per heavy atom. The van der Waals surface area contributed by atoms with Crippen molar-refractivity contribution in [3.63, 3.8) is 0 Å². The van der Waals surface area contributed by atoms with Crippen molar-refractivity contribution in [2.45, 2.75) is 58.2 Å². The molecule has 0 amide bonds. The van der Waals surface area contributed by atoms with Crippen LogP contribution in [0.25, 0.3) is 0 Å². The Bertz CT molecular complexity index is 319. The fourth-order valence-corrected chi connectivity index (χ4v) is 8.24. The number of rotatable bonds is 5. The molecular formula is C15H25BrOSiZn. The summed E-state index contributed by atoms with van der Waals surface area (Å²) in [6, 6.07) is 11.0. The van der Waals surface area contributed by atoms with E-state index in [1.807, 2.05) is 24.3 Å². The number of benzene rings is 1. The molecule has 1 aromatic carbocycles. The van der Waals surface area contributed by atoms with Crippen LogP contribution in [0.2, 0.25) is 16.6 Å². The Morgan fingerprint density at radius 3 is 1.84 bits per heavy atom. The van der Waals surface area contributed by atoms with Crippen LogP contribution in [0.5, 0.6) is 5.75 Å². The van der Waals surface area contributed by atoms with Gasteiger partial charge in [0.15, 0.2) is 0 Å². The molecule has 0 aliphatic carbocycles. The summed E-state index contributed by atoms with van der Waals surface area (Å²) in [6.07, 6.45) is 0. The Labute approximate surface area is 136 Å². The minimum absolute atomic E-state index is 0.614. The summed E-state index contributed by atoms with van der Waals surface area (Å²) in [5.74, 6) is 0.982. The van der Waals surface area contributed by atoms with E-state index in [9.17, 15) is 0 Å². The first kappa shape index (κ1) is 19.3. The molecular weight excluding hydrogens is 370 g/mol. The first-order valence-electron chi connectivity index (χ1n) is 6.83. The number of hydrogen-bond donors (Lipinski definition) is 0. The molecule has 0 aromatic heterocycles. The van der Waals surface area contributed by atoms with Gasteiger partial charge in [-0.2, -0.15) is 18.2 Å². The molecule has 4 heteroatoms. The Balaban J connectivity index is 0.00000154. The van der Waals surface area contributed by atoms with E-state index in [4.69, 9.17) is 4.43 Å². The number of hydrogen-bond acceptors (Lipinski definition) is 1. The van der Waals surface area contributed by atoms with Crippen LogP contribution in [0.3, 0.4) is 0 Å². The molecule has 0 aliphatic rings. The monoisotopic (exact) mass is 392 g/mol. The second-order valence-corrected chi connectivity index (χ2v) is 11.0. The molecule has 0 fully saturated rings. The summed E-state index contributed by atoms with van der Waals surface area (Å²) in [5.41, 5.74) is 1.84. The molecule has 0 heterocycles. The van der Waals surface area contributed by atoms with E-state index in [0.29, 0.717) is 16.6 Å². The van der Waals surface area contributed by atoms with Gasteiger partial charge in [-0.3, -0.25) is 0 Å². The molecule has 0 bridgehead atoms. The molecule has 0 N–H and O–H groups in total. The summed E-state index contributed by atoms with van der Waals surface area (Å²) >= 11 is 4.25. The van der Waals surface area contributed by atoms with Crippen LogP contribution in [-0.2, 0) is 16.3 Å². The predicted octanol–water partition coefficient (Wildman–Crippen LogP) is 5.88. The van der Waals surface area contributed by atoms with E-state index in [2.05, 4.69) is 61.2 Å². The van der Waals surface area contributed by atoms with E-state index in [0.717, 1.165) is 5.75 Å². The fourth-order valence-electron chi connectivity index (χ4n) is 3.00. The van der Waals surface area contributed by atoms with Crippen LogP contribution >= 0.6 is 13.6 Å². The molecule has 0 atom stereocenters. The molecule has 0 saturated heterocycles. The van der Waals surface area contributed by atoms with E-state index in [1.165, 1.54) is 16.3 Å². The third-order valence-corrected chi connectivity index (χ3v) is 9.68. The molecule has 0 unspecified atom stereocenters. The molecule has 1 aromatic rings. The molecule has 0 saturated carbocycles. The Morgan fingerprint density at radius 1 is 1.05 bits per heavy atom. The van der Waals surface area contributed by atoms with E-state index < -0.39 is 8.32 Å². The molecule has 0 radical (unpaired) electrons. The summed E-state index contributed by atoms with van der Waals surface area (Å²) in [5, 5.41) is 0. The van der Waals surface area contributed by atoms with Gasteiger partial charge in [0.1, 0.15) is 0 Å². The summed E-state index contributed by atoms with van der Waals surface area (Å²) < 4.78 is 6.49. The van der Waals surface area contributed by atoms with Crippen molar-refractivity contribution in [2.24, 2.45) is 0 Å². The standard InChI is InChI=1S/C15H25OSi.BrH.Zn/c1-12(2)17(13(3)4,14(5)6)16-15-10-8-7-9-11-15;;/h7-8,10-14H,1-6H3;1H;/q-1;;+2/p-1. The van der Waals surface area contributed by atoms with Gasteiger partial charge in [0.25, 0.3) is 0 Å². The first-order valence-corrected chi connectivity index (χ1v) is 15.9. The fraction of sp³-hybridized carbons (Fsp3) is 0.600. The predicted molar refractivity (Wildman–Crippen MR) is 85.9 cm³/mol. The van der Waals surface area contributed by atoms with Gasteiger partial charge < -0.3 is 4.43 Å². The van der Waals surface area contributed by atoms with Crippen molar-refractivity contribution in [1.29, 1.82) is 0 Å². The van der Waals surface area contributed by atoms with Gasteiger partial charge in [-0.15, -0.1) is 12.1 Å². The summed E-state index contributed by atoms with van der Waals surface area (Å²) in [4.78, 5) is 0. The SMILES string of the molecule is CC(C)[Si](Oc1c[c-]ccc1)(C(C)C)C(C)C.[Zn+][Br]. The van der Waals surface area contributed by atoms with Crippen LogP contribution in [0.4, 0.5) is 0 Å². The molecule has 0 aliphatic heterocycles.